The number of aromatic nitrogens is 4. The highest BCUT2D eigenvalue weighted by Gasteiger charge is 2.55. The molecule has 16 nitrogen and oxygen atoms in total. The Bertz CT molecular complexity index is 3510. The van der Waals surface area contributed by atoms with Crippen LogP contribution in [0.3, 0.4) is 0 Å². The van der Waals surface area contributed by atoms with Gasteiger partial charge in [-0.25, -0.2) is 16.8 Å². The minimum atomic E-state index is -3.49. The number of benzene rings is 2. The number of hydrogen-bond donors (Lipinski definition) is 2. The molecule has 12 rings (SSSR count). The van der Waals surface area contributed by atoms with Gasteiger partial charge in [-0.2, -0.15) is 0 Å². The summed E-state index contributed by atoms with van der Waals surface area (Å²) in [5, 5.41) is 1.96. The lowest BCUT2D eigenvalue weighted by molar-refractivity contribution is -0.126. The molecule has 0 atom stereocenters. The first-order chi connectivity index (χ1) is 34.3. The fourth-order valence-corrected chi connectivity index (χ4v) is 13.1. The number of carbonyl (C=O) groups excluding carboxylic acids is 2. The van der Waals surface area contributed by atoms with Gasteiger partial charge in [0.25, 0.3) is 0 Å². The summed E-state index contributed by atoms with van der Waals surface area (Å²) < 4.78 is 54.2. The molecular weight excluding hydrogens is 949 g/mol. The summed E-state index contributed by atoms with van der Waals surface area (Å²) in [6, 6.07) is 15.8. The lowest BCUT2D eigenvalue weighted by Gasteiger charge is -2.37. The number of likely N-dealkylation sites (N-methyl/N-ethyl adjacent to an activating group) is 3. The minimum absolute atomic E-state index is 0.153. The molecule has 2 aliphatic carbocycles. The third-order valence-corrected chi connectivity index (χ3v) is 17.3. The average Bonchev–Trinajstić information content (AvgIpc) is 3.71. The van der Waals surface area contributed by atoms with Crippen LogP contribution in [0.25, 0.3) is 49.6 Å². The second-order valence-electron chi connectivity index (χ2n) is 20.9. The molecule has 2 aromatic carbocycles. The zero-order valence-electron chi connectivity index (χ0n) is 41.6. The highest BCUT2D eigenvalue weighted by atomic mass is 32.2. The third kappa shape index (κ3) is 8.29. The van der Waals surface area contributed by atoms with Gasteiger partial charge >= 0.3 is 0 Å². The molecule has 2 spiro atoms. The van der Waals surface area contributed by atoms with E-state index >= 15 is 0 Å². The van der Waals surface area contributed by atoms with Crippen molar-refractivity contribution in [3.63, 3.8) is 0 Å². The van der Waals surface area contributed by atoms with Crippen LogP contribution in [0, 0.1) is 0 Å². The average molecular weight is 1010 g/mol. The molecule has 0 radical (unpaired) electrons. The van der Waals surface area contributed by atoms with Gasteiger partial charge in [-0.05, 0) is 125 Å². The number of sulfonamides is 2. The molecule has 4 aromatic heterocycles. The molecule has 1 saturated heterocycles. The van der Waals surface area contributed by atoms with E-state index in [1.807, 2.05) is 69.1 Å². The summed E-state index contributed by atoms with van der Waals surface area (Å²) in [7, 11) is 0.863. The van der Waals surface area contributed by atoms with Crippen molar-refractivity contribution in [1.29, 1.82) is 0 Å². The Labute approximate surface area is 421 Å². The van der Waals surface area contributed by atoms with Crippen LogP contribution in [0.1, 0.15) is 86.2 Å². The topological polar surface area (TPSA) is 191 Å². The SMILES string of the molecule is CN1CC=C(c2ncc(-c3ccc4ncc5c(c4c3)C3(CCC3)C(=O)N5C)cc2NS(C)(=O)=O)CC1.CN1CCC(c2ncc(-c3ccc4ncc5c(c4c3)C3(CCC3)C(=O)N5C)cc2NS(C)(=O)=O)CC1. The number of fused-ring (bicyclic) bond motifs is 8. The number of likely N-dealkylation sites (tertiary alicyclic amines) is 1. The highest BCUT2D eigenvalue weighted by Crippen LogP contribution is 2.56. The number of anilines is 4. The first-order valence-corrected chi connectivity index (χ1v) is 28.6. The fraction of sp³-hybridized carbons (Fsp3) is 0.407. The maximum absolute atomic E-state index is 13.2. The van der Waals surface area contributed by atoms with Crippen LogP contribution in [0.2, 0.25) is 0 Å². The zero-order chi connectivity index (χ0) is 50.5. The van der Waals surface area contributed by atoms with E-state index in [1.54, 1.807) is 16.0 Å². The van der Waals surface area contributed by atoms with Gasteiger partial charge in [-0.15, -0.1) is 0 Å². The number of rotatable bonds is 8. The van der Waals surface area contributed by atoms with Crippen molar-refractivity contribution in [3.05, 3.63) is 102 Å². The van der Waals surface area contributed by atoms with Crippen molar-refractivity contribution in [1.82, 2.24) is 29.7 Å². The number of nitrogens with zero attached hydrogens (tertiary/aromatic N) is 8. The van der Waals surface area contributed by atoms with Crippen LogP contribution >= 0.6 is 0 Å². The van der Waals surface area contributed by atoms with Crippen molar-refractivity contribution in [3.8, 4) is 22.3 Å². The number of hydrogen-bond acceptors (Lipinski definition) is 12. The molecule has 2 amide bonds. The molecule has 6 aliphatic rings. The molecular formula is C54H60N10O6S2. The Morgan fingerprint density at radius 1 is 0.583 bits per heavy atom. The van der Waals surface area contributed by atoms with E-state index in [4.69, 9.17) is 9.97 Å². The quantitative estimate of drug-likeness (QED) is 0.152. The highest BCUT2D eigenvalue weighted by molar-refractivity contribution is 7.92. The van der Waals surface area contributed by atoms with Crippen molar-refractivity contribution in [2.75, 3.05) is 86.1 Å². The van der Waals surface area contributed by atoms with Gasteiger partial charge in [-0.3, -0.25) is 39.0 Å². The van der Waals surface area contributed by atoms with Gasteiger partial charge in [0.15, 0.2) is 0 Å². The van der Waals surface area contributed by atoms with Crippen LogP contribution in [-0.4, -0.2) is 125 Å². The van der Waals surface area contributed by atoms with E-state index in [-0.39, 0.29) is 17.7 Å². The fourth-order valence-electron chi connectivity index (χ4n) is 12.0. The van der Waals surface area contributed by atoms with Gasteiger partial charge in [0.2, 0.25) is 31.9 Å². The van der Waals surface area contributed by atoms with Crippen LogP contribution in [0.5, 0.6) is 0 Å². The first kappa shape index (κ1) is 48.0. The lowest BCUT2D eigenvalue weighted by Crippen LogP contribution is -2.43. The number of amides is 2. The van der Waals surface area contributed by atoms with E-state index in [0.29, 0.717) is 17.1 Å². The van der Waals surface area contributed by atoms with Crippen molar-refractivity contribution in [2.45, 2.75) is 74.5 Å². The zero-order valence-corrected chi connectivity index (χ0v) is 43.3. The molecule has 8 heterocycles. The van der Waals surface area contributed by atoms with Crippen LogP contribution in [-0.2, 0) is 40.5 Å². The third-order valence-electron chi connectivity index (χ3n) is 16.1. The Morgan fingerprint density at radius 3 is 1.56 bits per heavy atom. The Balaban J connectivity index is 0.000000156. The number of nitrogens with one attached hydrogen (secondary N) is 2. The maximum Gasteiger partial charge on any atom is 0.237 e. The van der Waals surface area contributed by atoms with Crippen LogP contribution in [0.4, 0.5) is 22.7 Å². The normalized spacial score (nSPS) is 19.7. The van der Waals surface area contributed by atoms with Gasteiger partial charge in [0.05, 0.1) is 80.9 Å². The molecule has 2 N–H and O–H groups in total. The monoisotopic (exact) mass is 1010 g/mol. The Kier molecular flexibility index (Phi) is 11.8. The van der Waals surface area contributed by atoms with Crippen molar-refractivity contribution in [2.24, 2.45) is 0 Å². The van der Waals surface area contributed by atoms with E-state index in [0.717, 1.165) is 168 Å². The predicted molar refractivity (Wildman–Crippen MR) is 284 cm³/mol. The summed E-state index contributed by atoms with van der Waals surface area (Å²) in [5.41, 5.74) is 11.7. The lowest BCUT2D eigenvalue weighted by atomic mass is 9.64. The molecule has 72 heavy (non-hydrogen) atoms. The molecule has 18 heteroatoms. The van der Waals surface area contributed by atoms with Crippen molar-refractivity contribution < 1.29 is 26.4 Å². The smallest absolute Gasteiger partial charge is 0.237 e. The number of carbonyl (C=O) groups is 2. The van der Waals surface area contributed by atoms with Crippen molar-refractivity contribution >= 4 is 82.0 Å². The van der Waals surface area contributed by atoms with Gasteiger partial charge in [0, 0.05) is 78.5 Å². The standard InChI is InChI=1S/C27H31N5O3S.C27H29N5O3S/c2*1-31-11-7-17(8-12-31)25-22(30-36(3,34)35)14-19(15-29-25)18-5-6-21-20(13-18)24-23(16-28-21)32(2)26(33)27(24)9-4-10-27/h5-6,13-17,30H,4,7-12H2,1-3H3;5-7,13-16,30H,4,8-12H2,1-3H3. The van der Waals surface area contributed by atoms with Gasteiger partial charge in [0.1, 0.15) is 0 Å². The first-order valence-electron chi connectivity index (χ1n) is 24.8. The summed E-state index contributed by atoms with van der Waals surface area (Å²) in [5.74, 6) is 0.524. The number of piperidine rings is 1. The van der Waals surface area contributed by atoms with E-state index < -0.39 is 30.9 Å². The van der Waals surface area contributed by atoms with E-state index in [9.17, 15) is 26.4 Å². The number of pyridine rings is 4. The maximum atomic E-state index is 13.2. The second-order valence-corrected chi connectivity index (χ2v) is 24.4. The second kappa shape index (κ2) is 17.7. The largest absolute Gasteiger partial charge is 0.313 e. The van der Waals surface area contributed by atoms with Crippen LogP contribution in [0.15, 0.2) is 79.4 Å². The minimum Gasteiger partial charge on any atom is -0.313 e. The molecule has 4 aliphatic heterocycles. The molecule has 6 aromatic rings. The molecule has 3 fully saturated rings. The predicted octanol–water partition coefficient (Wildman–Crippen LogP) is 7.66. The van der Waals surface area contributed by atoms with E-state index in [1.165, 1.54) is 6.26 Å². The molecule has 2 saturated carbocycles. The summed E-state index contributed by atoms with van der Waals surface area (Å²) >= 11 is 0. The molecule has 0 unspecified atom stereocenters. The summed E-state index contributed by atoms with van der Waals surface area (Å²) in [6.07, 6.45) is 19.9. The van der Waals surface area contributed by atoms with E-state index in [2.05, 4.69) is 61.5 Å². The summed E-state index contributed by atoms with van der Waals surface area (Å²) in [4.78, 5) is 53.1. The molecule has 374 valence electrons. The van der Waals surface area contributed by atoms with Gasteiger partial charge < -0.3 is 19.6 Å². The molecule has 0 bridgehead atoms. The van der Waals surface area contributed by atoms with Crippen LogP contribution < -0.4 is 19.2 Å². The summed E-state index contributed by atoms with van der Waals surface area (Å²) in [6.45, 7) is 3.62. The van der Waals surface area contributed by atoms with Gasteiger partial charge in [-0.1, -0.05) is 31.1 Å². The Hall–Kier alpha value is -6.34. The Morgan fingerprint density at radius 2 is 1.08 bits per heavy atom.